The fourth-order valence-corrected chi connectivity index (χ4v) is 3.08. The monoisotopic (exact) mass is 372 g/mol. The van der Waals surface area contributed by atoms with Crippen LogP contribution in [0.2, 0.25) is 0 Å². The average molecular weight is 373 g/mol. The molecule has 1 aromatic heterocycles. The number of anilines is 3. The zero-order valence-electron chi connectivity index (χ0n) is 16.7. The Kier molecular flexibility index (Phi) is 6.79. The number of rotatable bonds is 9. The molecular formula is C24H28N4. The molecule has 3 aromatic rings. The van der Waals surface area contributed by atoms with Crippen LogP contribution in [0, 0.1) is 6.92 Å². The molecule has 0 atom stereocenters. The van der Waals surface area contributed by atoms with Crippen LogP contribution in [0.3, 0.4) is 0 Å². The van der Waals surface area contributed by atoms with Gasteiger partial charge in [-0.1, -0.05) is 42.8 Å². The van der Waals surface area contributed by atoms with Crippen LogP contribution in [0.1, 0.15) is 25.3 Å². The summed E-state index contributed by atoms with van der Waals surface area (Å²) in [6.07, 6.45) is 5.87. The van der Waals surface area contributed by atoms with Gasteiger partial charge in [0.1, 0.15) is 0 Å². The Morgan fingerprint density at radius 3 is 2.43 bits per heavy atom. The molecule has 0 fully saturated rings. The maximum Gasteiger partial charge on any atom is 0.227 e. The van der Waals surface area contributed by atoms with Gasteiger partial charge in [-0.05, 0) is 50.1 Å². The largest absolute Gasteiger partial charge is 0.371 e. The highest BCUT2D eigenvalue weighted by Crippen LogP contribution is 2.22. The van der Waals surface area contributed by atoms with Crippen molar-refractivity contribution in [1.29, 1.82) is 0 Å². The number of aryl methyl sites for hydroxylation is 1. The van der Waals surface area contributed by atoms with Crippen LogP contribution < -0.4 is 10.2 Å². The lowest BCUT2D eigenvalue weighted by Crippen LogP contribution is -2.24. The van der Waals surface area contributed by atoms with Gasteiger partial charge in [0, 0.05) is 36.2 Å². The van der Waals surface area contributed by atoms with Crippen LogP contribution in [0.5, 0.6) is 0 Å². The summed E-state index contributed by atoms with van der Waals surface area (Å²) >= 11 is 0. The molecule has 0 spiro atoms. The third-order valence-corrected chi connectivity index (χ3v) is 4.59. The topological polar surface area (TPSA) is 41.0 Å². The first-order chi connectivity index (χ1) is 13.7. The molecule has 0 aliphatic heterocycles. The van der Waals surface area contributed by atoms with Crippen LogP contribution >= 0.6 is 0 Å². The molecule has 0 bridgehead atoms. The van der Waals surface area contributed by atoms with Gasteiger partial charge in [-0.3, -0.25) is 0 Å². The molecule has 0 radical (unpaired) electrons. The lowest BCUT2D eigenvalue weighted by Gasteiger charge is -2.24. The van der Waals surface area contributed by atoms with E-state index in [9.17, 15) is 0 Å². The van der Waals surface area contributed by atoms with Crippen molar-refractivity contribution >= 4 is 17.3 Å². The number of benzene rings is 2. The molecule has 0 saturated heterocycles. The summed E-state index contributed by atoms with van der Waals surface area (Å²) in [5.41, 5.74) is 5.44. The summed E-state index contributed by atoms with van der Waals surface area (Å²) in [6.45, 7) is 10.2. The summed E-state index contributed by atoms with van der Waals surface area (Å²) in [5.74, 6) is 0.600. The van der Waals surface area contributed by atoms with Gasteiger partial charge >= 0.3 is 0 Å². The van der Waals surface area contributed by atoms with Gasteiger partial charge < -0.3 is 10.2 Å². The molecule has 4 heteroatoms. The van der Waals surface area contributed by atoms with E-state index < -0.39 is 0 Å². The minimum absolute atomic E-state index is 0.600. The summed E-state index contributed by atoms with van der Waals surface area (Å²) in [5, 5.41) is 3.31. The molecule has 2 aromatic carbocycles. The van der Waals surface area contributed by atoms with E-state index in [1.165, 1.54) is 11.3 Å². The molecule has 28 heavy (non-hydrogen) atoms. The van der Waals surface area contributed by atoms with Crippen molar-refractivity contribution < 1.29 is 0 Å². The van der Waals surface area contributed by atoms with E-state index in [1.54, 1.807) is 6.20 Å². The molecule has 144 valence electrons. The minimum atomic E-state index is 0.600. The number of hydrogen-bond acceptors (Lipinski definition) is 4. The van der Waals surface area contributed by atoms with E-state index in [2.05, 4.69) is 89.1 Å². The molecule has 0 aliphatic carbocycles. The van der Waals surface area contributed by atoms with Crippen molar-refractivity contribution in [3.8, 4) is 11.3 Å². The summed E-state index contributed by atoms with van der Waals surface area (Å²) < 4.78 is 0. The Labute approximate surface area is 168 Å². The van der Waals surface area contributed by atoms with Gasteiger partial charge in [0.25, 0.3) is 0 Å². The van der Waals surface area contributed by atoms with Crippen molar-refractivity contribution in [2.24, 2.45) is 0 Å². The van der Waals surface area contributed by atoms with Gasteiger partial charge in [-0.25, -0.2) is 9.97 Å². The molecule has 4 nitrogen and oxygen atoms in total. The molecule has 0 saturated carbocycles. The first kappa shape index (κ1) is 19.6. The quantitative estimate of drug-likeness (QED) is 0.469. The van der Waals surface area contributed by atoms with E-state index in [1.807, 2.05) is 12.1 Å². The zero-order chi connectivity index (χ0) is 19.8. The Hall–Kier alpha value is -3.14. The highest BCUT2D eigenvalue weighted by atomic mass is 15.1. The smallest absolute Gasteiger partial charge is 0.227 e. The third-order valence-electron chi connectivity index (χ3n) is 4.59. The van der Waals surface area contributed by atoms with Crippen LogP contribution in [0.15, 0.2) is 73.4 Å². The average Bonchev–Trinajstić information content (AvgIpc) is 2.72. The molecule has 0 unspecified atom stereocenters. The Morgan fingerprint density at radius 2 is 1.75 bits per heavy atom. The van der Waals surface area contributed by atoms with Gasteiger partial charge in [0.05, 0.1) is 5.69 Å². The highest BCUT2D eigenvalue weighted by Gasteiger charge is 2.06. The number of nitrogens with one attached hydrogen (secondary N) is 1. The Bertz CT molecular complexity index is 885. The molecule has 0 aliphatic rings. The Morgan fingerprint density at radius 1 is 1.00 bits per heavy atom. The maximum atomic E-state index is 4.65. The van der Waals surface area contributed by atoms with Crippen LogP contribution in [0.25, 0.3) is 11.3 Å². The minimum Gasteiger partial charge on any atom is -0.371 e. The highest BCUT2D eigenvalue weighted by molar-refractivity contribution is 5.63. The Balaban J connectivity index is 1.72. The molecular weight excluding hydrogens is 344 g/mol. The summed E-state index contributed by atoms with van der Waals surface area (Å²) in [6, 6.07) is 18.7. The first-order valence-electron chi connectivity index (χ1n) is 9.82. The van der Waals surface area contributed by atoms with Crippen molar-refractivity contribution in [3.63, 3.8) is 0 Å². The standard InChI is InChI=1S/C24H28N4/c1-4-6-18-28(17-5-2)22-13-11-21(12-14-22)26-24-25-16-15-23(27-24)20-9-7-19(3)8-10-20/h4,7-16H,1,5-6,17-18H2,2-3H3,(H,25,26,27). The summed E-state index contributed by atoms with van der Waals surface area (Å²) in [4.78, 5) is 11.4. The fraction of sp³-hybridized carbons (Fsp3) is 0.250. The molecule has 1 heterocycles. The zero-order valence-corrected chi connectivity index (χ0v) is 16.7. The van der Waals surface area contributed by atoms with Crippen molar-refractivity contribution in [1.82, 2.24) is 9.97 Å². The SMILES string of the molecule is C=CCCN(CCC)c1ccc(Nc2nccc(-c3ccc(C)cc3)n2)cc1. The van der Waals surface area contributed by atoms with Crippen LogP contribution in [-0.4, -0.2) is 23.1 Å². The second-order valence-corrected chi connectivity index (χ2v) is 6.87. The van der Waals surface area contributed by atoms with E-state index in [0.29, 0.717) is 5.95 Å². The van der Waals surface area contributed by atoms with E-state index in [0.717, 1.165) is 42.9 Å². The molecule has 1 N–H and O–H groups in total. The van der Waals surface area contributed by atoms with E-state index >= 15 is 0 Å². The van der Waals surface area contributed by atoms with Gasteiger partial charge in [0.15, 0.2) is 0 Å². The van der Waals surface area contributed by atoms with Gasteiger partial charge in [-0.2, -0.15) is 0 Å². The molecule has 0 amide bonds. The van der Waals surface area contributed by atoms with Crippen molar-refractivity contribution in [2.45, 2.75) is 26.7 Å². The van der Waals surface area contributed by atoms with E-state index in [-0.39, 0.29) is 0 Å². The maximum absolute atomic E-state index is 4.65. The second-order valence-electron chi connectivity index (χ2n) is 6.87. The predicted octanol–water partition coefficient (Wildman–Crippen LogP) is 5.99. The van der Waals surface area contributed by atoms with Crippen LogP contribution in [0.4, 0.5) is 17.3 Å². The van der Waals surface area contributed by atoms with Gasteiger partial charge in [-0.15, -0.1) is 6.58 Å². The van der Waals surface area contributed by atoms with Crippen LogP contribution in [-0.2, 0) is 0 Å². The van der Waals surface area contributed by atoms with Gasteiger partial charge in [0.2, 0.25) is 5.95 Å². The predicted molar refractivity (Wildman–Crippen MR) is 119 cm³/mol. The normalized spacial score (nSPS) is 10.5. The summed E-state index contributed by atoms with van der Waals surface area (Å²) in [7, 11) is 0. The number of nitrogens with zero attached hydrogens (tertiary/aromatic N) is 3. The van der Waals surface area contributed by atoms with E-state index in [4.69, 9.17) is 0 Å². The lowest BCUT2D eigenvalue weighted by atomic mass is 10.1. The van der Waals surface area contributed by atoms with Crippen molar-refractivity contribution in [3.05, 3.63) is 79.0 Å². The van der Waals surface area contributed by atoms with Crippen molar-refractivity contribution in [2.75, 3.05) is 23.3 Å². The first-order valence-corrected chi connectivity index (χ1v) is 9.82. The third kappa shape index (κ3) is 5.19. The number of hydrogen-bond donors (Lipinski definition) is 1. The molecule has 3 rings (SSSR count). The lowest BCUT2D eigenvalue weighted by molar-refractivity contribution is 0.765. The fourth-order valence-electron chi connectivity index (χ4n) is 3.08. The second kappa shape index (κ2) is 9.70. The number of aromatic nitrogens is 2.